The smallest absolute Gasteiger partial charge is 0.344 e. The molecule has 13 nitrogen and oxygen atoms in total. The van der Waals surface area contributed by atoms with E-state index in [1.807, 2.05) is 0 Å². The second-order valence-electron chi connectivity index (χ2n) is 5.46. The molecule has 0 amide bonds. The van der Waals surface area contributed by atoms with Gasteiger partial charge in [0.05, 0.1) is 6.61 Å². The summed E-state index contributed by atoms with van der Waals surface area (Å²) >= 11 is 0. The summed E-state index contributed by atoms with van der Waals surface area (Å²) in [5.74, 6) is -0.0879. The van der Waals surface area contributed by atoms with Crippen molar-refractivity contribution in [3.63, 3.8) is 0 Å². The highest BCUT2D eigenvalue weighted by Gasteiger charge is 2.45. The van der Waals surface area contributed by atoms with Gasteiger partial charge in [-0.1, -0.05) is 0 Å². The van der Waals surface area contributed by atoms with Crippen LogP contribution in [0.5, 0.6) is 0 Å². The van der Waals surface area contributed by atoms with E-state index in [2.05, 4.69) is 20.3 Å². The van der Waals surface area contributed by atoms with Gasteiger partial charge in [0.1, 0.15) is 30.9 Å². The molecule has 0 radical (unpaired) electrons. The normalized spacial score (nSPS) is 27.1. The number of aromatic nitrogens is 4. The predicted octanol–water partition coefficient (Wildman–Crippen LogP) is -2.43. The number of aliphatic hydroxyl groups is 3. The summed E-state index contributed by atoms with van der Waals surface area (Å²) in [7, 11) is -4.41. The molecule has 1 aliphatic rings. The van der Waals surface area contributed by atoms with E-state index in [9.17, 15) is 19.9 Å². The molecule has 0 aromatic carbocycles. The molecule has 0 bridgehead atoms. The molecular weight excluding hydrogens is 359 g/mol. The second-order valence-corrected chi connectivity index (χ2v) is 7.11. The predicted molar refractivity (Wildman–Crippen MR) is 83.3 cm³/mol. The van der Waals surface area contributed by atoms with Crippen LogP contribution in [0.15, 0.2) is 6.33 Å². The molecule has 3 heterocycles. The van der Waals surface area contributed by atoms with Crippen LogP contribution in [0.1, 0.15) is 6.23 Å². The summed E-state index contributed by atoms with van der Waals surface area (Å²) in [6.07, 6.45) is -4.68. The second kappa shape index (κ2) is 6.46. The van der Waals surface area contributed by atoms with Gasteiger partial charge in [-0.15, -0.1) is 0 Å². The van der Waals surface area contributed by atoms with Gasteiger partial charge >= 0.3 is 7.60 Å². The highest BCUT2D eigenvalue weighted by Crippen LogP contribution is 2.37. The van der Waals surface area contributed by atoms with Crippen LogP contribution in [0.4, 0.5) is 11.8 Å². The number of nitrogens with two attached hydrogens (primary N) is 1. The molecule has 2 aromatic rings. The average Bonchev–Trinajstić information content (AvgIpc) is 3.04. The van der Waals surface area contributed by atoms with Gasteiger partial charge in [0.15, 0.2) is 23.2 Å². The average molecular weight is 376 g/mol. The first-order chi connectivity index (χ1) is 11.7. The topological polar surface area (TPSA) is 209 Å². The van der Waals surface area contributed by atoms with Crippen LogP contribution >= 0.6 is 7.60 Å². The number of nitrogen functional groups attached to an aromatic ring is 1. The van der Waals surface area contributed by atoms with E-state index in [-0.39, 0.29) is 22.9 Å². The number of rotatable bonds is 5. The fourth-order valence-electron chi connectivity index (χ4n) is 2.56. The zero-order valence-corrected chi connectivity index (χ0v) is 13.6. The molecule has 1 fully saturated rings. The number of ether oxygens (including phenoxy) is 1. The first kappa shape index (κ1) is 17.9. The van der Waals surface area contributed by atoms with Gasteiger partial charge in [0, 0.05) is 0 Å². The maximum Gasteiger partial charge on any atom is 0.344 e. The molecule has 0 saturated carbocycles. The number of hydrogen-bond donors (Lipinski definition) is 7. The Bertz CT molecular complexity index is 825. The van der Waals surface area contributed by atoms with Crippen molar-refractivity contribution in [2.45, 2.75) is 24.5 Å². The van der Waals surface area contributed by atoms with Crippen LogP contribution in [-0.2, 0) is 9.30 Å². The number of nitrogens with zero attached hydrogens (tertiary/aromatic N) is 4. The van der Waals surface area contributed by atoms with Crippen LogP contribution in [0.3, 0.4) is 0 Å². The molecule has 3 rings (SSSR count). The molecular formula is C11H17N6O7P. The third-order valence-corrected chi connectivity index (χ3v) is 4.29. The molecule has 138 valence electrons. The van der Waals surface area contributed by atoms with Crippen molar-refractivity contribution < 1.29 is 34.4 Å². The minimum Gasteiger partial charge on any atom is -0.394 e. The van der Waals surface area contributed by atoms with Crippen molar-refractivity contribution in [2.75, 3.05) is 23.9 Å². The first-order valence-corrected chi connectivity index (χ1v) is 8.92. The van der Waals surface area contributed by atoms with Gasteiger partial charge < -0.3 is 40.9 Å². The fraction of sp³-hybridized carbons (Fsp3) is 0.545. The lowest BCUT2D eigenvalue weighted by molar-refractivity contribution is -0.0501. The molecule has 0 aliphatic carbocycles. The van der Waals surface area contributed by atoms with Gasteiger partial charge in [0.2, 0.25) is 5.95 Å². The number of nitrogens with one attached hydrogen (secondary N) is 1. The van der Waals surface area contributed by atoms with Gasteiger partial charge in [-0.2, -0.15) is 0 Å². The Morgan fingerprint density at radius 3 is 2.64 bits per heavy atom. The number of hydrogen-bond acceptors (Lipinski definition) is 10. The number of anilines is 2. The molecule has 2 aromatic heterocycles. The van der Waals surface area contributed by atoms with Crippen LogP contribution in [-0.4, -0.2) is 75.8 Å². The SMILES string of the molecule is Nc1ncnc2c1nc(NCP(=O)(O)O)n2[C@@H]1O[C@H](CO)[C@@H](O)[C@H]1O. The Labute approximate surface area is 140 Å². The van der Waals surface area contributed by atoms with Crippen LogP contribution in [0.25, 0.3) is 11.2 Å². The summed E-state index contributed by atoms with van der Waals surface area (Å²) in [6.45, 7) is -0.538. The first-order valence-electron chi connectivity index (χ1n) is 7.12. The monoisotopic (exact) mass is 376 g/mol. The number of aliphatic hydroxyl groups excluding tert-OH is 3. The van der Waals surface area contributed by atoms with Crippen molar-refractivity contribution in [1.82, 2.24) is 19.5 Å². The Balaban J connectivity index is 2.08. The molecule has 14 heteroatoms. The number of imidazole rings is 1. The highest BCUT2D eigenvalue weighted by atomic mass is 31.2. The summed E-state index contributed by atoms with van der Waals surface area (Å²) in [6, 6.07) is 0. The molecule has 1 saturated heterocycles. The minimum absolute atomic E-state index is 0.00900. The summed E-state index contributed by atoms with van der Waals surface area (Å²) in [5.41, 5.74) is 5.97. The zero-order chi connectivity index (χ0) is 18.4. The van der Waals surface area contributed by atoms with Crippen LogP contribution in [0, 0.1) is 0 Å². The van der Waals surface area contributed by atoms with Gasteiger partial charge in [-0.3, -0.25) is 9.13 Å². The Kier molecular flexibility index (Phi) is 4.64. The molecule has 0 spiro atoms. The minimum atomic E-state index is -4.41. The van der Waals surface area contributed by atoms with E-state index in [0.29, 0.717) is 0 Å². The van der Waals surface area contributed by atoms with E-state index in [4.69, 9.17) is 20.3 Å². The lowest BCUT2D eigenvalue weighted by Gasteiger charge is -2.19. The molecule has 0 unspecified atom stereocenters. The lowest BCUT2D eigenvalue weighted by atomic mass is 10.1. The Hall–Kier alpha value is -1.86. The maximum absolute atomic E-state index is 11.1. The van der Waals surface area contributed by atoms with E-state index >= 15 is 0 Å². The molecule has 4 atom stereocenters. The van der Waals surface area contributed by atoms with E-state index in [1.54, 1.807) is 0 Å². The van der Waals surface area contributed by atoms with E-state index < -0.39 is 45.0 Å². The van der Waals surface area contributed by atoms with Gasteiger partial charge in [-0.25, -0.2) is 15.0 Å². The highest BCUT2D eigenvalue weighted by molar-refractivity contribution is 7.51. The van der Waals surface area contributed by atoms with Crippen molar-refractivity contribution in [1.29, 1.82) is 0 Å². The van der Waals surface area contributed by atoms with E-state index in [0.717, 1.165) is 6.33 Å². The van der Waals surface area contributed by atoms with Crippen LogP contribution in [0.2, 0.25) is 0 Å². The maximum atomic E-state index is 11.1. The molecule has 25 heavy (non-hydrogen) atoms. The summed E-state index contributed by atoms with van der Waals surface area (Å²) in [4.78, 5) is 30.0. The Morgan fingerprint density at radius 2 is 2.04 bits per heavy atom. The van der Waals surface area contributed by atoms with Gasteiger partial charge in [0.25, 0.3) is 0 Å². The standard InChI is InChI=1S/C11H17N6O7P/c12-8-5-9(14-2-13-8)17(11(16-5)15-3-25(21,22)23)10-7(20)6(19)4(1-18)24-10/h2,4,6-7,10,18-20H,1,3H2,(H,15,16)(H2,12,13,14)(H2,21,22,23)/t4-,6-,7-,10-/m1/s1. The van der Waals surface area contributed by atoms with Crippen molar-refractivity contribution in [3.05, 3.63) is 6.33 Å². The van der Waals surface area contributed by atoms with Crippen molar-refractivity contribution in [2.24, 2.45) is 0 Å². The molecule has 8 N–H and O–H groups in total. The largest absolute Gasteiger partial charge is 0.394 e. The summed E-state index contributed by atoms with van der Waals surface area (Å²) < 4.78 is 17.8. The fourth-order valence-corrected chi connectivity index (χ4v) is 2.91. The zero-order valence-electron chi connectivity index (χ0n) is 12.7. The Morgan fingerprint density at radius 1 is 1.32 bits per heavy atom. The van der Waals surface area contributed by atoms with Gasteiger partial charge in [-0.05, 0) is 0 Å². The molecule has 1 aliphatic heterocycles. The van der Waals surface area contributed by atoms with E-state index in [1.165, 1.54) is 4.57 Å². The number of fused-ring (bicyclic) bond motifs is 1. The third kappa shape index (κ3) is 3.30. The third-order valence-electron chi connectivity index (χ3n) is 3.72. The summed E-state index contributed by atoms with van der Waals surface area (Å²) in [5, 5.41) is 31.8. The lowest BCUT2D eigenvalue weighted by Crippen LogP contribution is -2.33. The van der Waals surface area contributed by atoms with Crippen molar-refractivity contribution in [3.8, 4) is 0 Å². The van der Waals surface area contributed by atoms with Crippen molar-refractivity contribution >= 4 is 30.5 Å². The van der Waals surface area contributed by atoms with Crippen LogP contribution < -0.4 is 11.1 Å². The quantitative estimate of drug-likeness (QED) is 0.272.